The molecule has 0 aliphatic heterocycles. The van der Waals surface area contributed by atoms with Gasteiger partial charge in [-0.1, -0.05) is 53.3 Å². The lowest BCUT2D eigenvalue weighted by Crippen LogP contribution is -2.25. The molecule has 0 saturated carbocycles. The fourth-order valence-corrected chi connectivity index (χ4v) is 3.61. The number of nitrogens with one attached hydrogen (secondary N) is 2. The van der Waals surface area contributed by atoms with E-state index in [1.807, 2.05) is 44.2 Å². The molecule has 0 spiro atoms. The second-order valence-corrected chi connectivity index (χ2v) is 7.48. The van der Waals surface area contributed by atoms with E-state index < -0.39 is 0 Å². The van der Waals surface area contributed by atoms with Crippen LogP contribution >= 0.6 is 11.3 Å². The van der Waals surface area contributed by atoms with Crippen LogP contribution in [0.15, 0.2) is 48.5 Å². The van der Waals surface area contributed by atoms with Gasteiger partial charge in [0, 0.05) is 24.1 Å². The summed E-state index contributed by atoms with van der Waals surface area (Å²) in [6.07, 6.45) is 0.848. The van der Waals surface area contributed by atoms with Crippen molar-refractivity contribution in [1.29, 1.82) is 0 Å². The van der Waals surface area contributed by atoms with Crippen LogP contribution in [0, 0.1) is 13.8 Å². The second kappa shape index (κ2) is 9.23. The molecule has 0 unspecified atom stereocenters. The summed E-state index contributed by atoms with van der Waals surface area (Å²) in [7, 11) is 0. The lowest BCUT2D eigenvalue weighted by Gasteiger charge is -2.05. The van der Waals surface area contributed by atoms with Crippen LogP contribution in [0.3, 0.4) is 0 Å². The van der Waals surface area contributed by atoms with Crippen LogP contribution in [0.25, 0.3) is 10.6 Å². The molecule has 0 atom stereocenters. The predicted octanol–water partition coefficient (Wildman–Crippen LogP) is 3.97. The van der Waals surface area contributed by atoms with Gasteiger partial charge in [-0.3, -0.25) is 9.59 Å². The Morgan fingerprint density at radius 1 is 1.04 bits per heavy atom. The maximum absolute atomic E-state index is 12.1. The number of nitrogens with zero attached hydrogens (tertiary/aromatic N) is 2. The molecule has 0 bridgehead atoms. The highest BCUT2D eigenvalue weighted by Gasteiger charge is 2.11. The van der Waals surface area contributed by atoms with Gasteiger partial charge >= 0.3 is 0 Å². The largest absolute Gasteiger partial charge is 0.352 e. The molecule has 0 saturated heterocycles. The van der Waals surface area contributed by atoms with Crippen molar-refractivity contribution < 1.29 is 9.59 Å². The molecule has 1 heterocycles. The minimum Gasteiger partial charge on any atom is -0.352 e. The Kier molecular flexibility index (Phi) is 6.49. The van der Waals surface area contributed by atoms with E-state index in [4.69, 9.17) is 0 Å². The van der Waals surface area contributed by atoms with Gasteiger partial charge in [-0.2, -0.15) is 0 Å². The highest BCUT2D eigenvalue weighted by molar-refractivity contribution is 7.18. The van der Waals surface area contributed by atoms with Gasteiger partial charge in [0.15, 0.2) is 0 Å². The fraction of sp³-hybridized carbons (Fsp3) is 0.238. The highest BCUT2D eigenvalue weighted by atomic mass is 32.1. The molecule has 0 fully saturated rings. The van der Waals surface area contributed by atoms with Crippen LogP contribution in [-0.2, 0) is 4.79 Å². The van der Waals surface area contributed by atoms with Crippen molar-refractivity contribution in [2.75, 3.05) is 11.9 Å². The summed E-state index contributed by atoms with van der Waals surface area (Å²) in [4.78, 5) is 24.0. The minimum absolute atomic E-state index is 0.136. The SMILES string of the molecule is Cc1ccc(-c2nnc(NC(=O)CCCNC(=O)c3ccccc3)s2)c(C)c1. The zero-order valence-electron chi connectivity index (χ0n) is 15.9. The molecular formula is C21H22N4O2S. The molecule has 6 nitrogen and oxygen atoms in total. The van der Waals surface area contributed by atoms with Gasteiger partial charge in [-0.05, 0) is 38.0 Å². The molecule has 0 aliphatic carbocycles. The monoisotopic (exact) mass is 394 g/mol. The number of rotatable bonds is 7. The Morgan fingerprint density at radius 2 is 1.82 bits per heavy atom. The van der Waals surface area contributed by atoms with Gasteiger partial charge in [0.05, 0.1) is 0 Å². The third-order valence-electron chi connectivity index (χ3n) is 4.19. The van der Waals surface area contributed by atoms with E-state index in [0.29, 0.717) is 30.1 Å². The van der Waals surface area contributed by atoms with Gasteiger partial charge in [-0.25, -0.2) is 0 Å². The van der Waals surface area contributed by atoms with E-state index in [9.17, 15) is 9.59 Å². The average Bonchev–Trinajstić information content (AvgIpc) is 3.13. The summed E-state index contributed by atoms with van der Waals surface area (Å²) in [5.41, 5.74) is 3.95. The van der Waals surface area contributed by atoms with E-state index in [2.05, 4.69) is 26.9 Å². The molecule has 0 aliphatic rings. The zero-order chi connectivity index (χ0) is 19.9. The molecule has 3 rings (SSSR count). The van der Waals surface area contributed by atoms with Crippen molar-refractivity contribution in [3.63, 3.8) is 0 Å². The maximum atomic E-state index is 12.1. The highest BCUT2D eigenvalue weighted by Crippen LogP contribution is 2.29. The smallest absolute Gasteiger partial charge is 0.251 e. The minimum atomic E-state index is -0.141. The van der Waals surface area contributed by atoms with Crippen molar-refractivity contribution in [1.82, 2.24) is 15.5 Å². The number of hydrogen-bond acceptors (Lipinski definition) is 5. The predicted molar refractivity (Wildman–Crippen MR) is 111 cm³/mol. The van der Waals surface area contributed by atoms with Crippen LogP contribution in [0.4, 0.5) is 5.13 Å². The number of hydrogen-bond donors (Lipinski definition) is 2. The topological polar surface area (TPSA) is 84.0 Å². The molecule has 7 heteroatoms. The van der Waals surface area contributed by atoms with Gasteiger partial charge in [0.25, 0.3) is 5.91 Å². The van der Waals surface area contributed by atoms with Crippen molar-refractivity contribution >= 4 is 28.3 Å². The van der Waals surface area contributed by atoms with Crippen molar-refractivity contribution in [3.05, 3.63) is 65.2 Å². The number of carbonyl (C=O) groups is 2. The lowest BCUT2D eigenvalue weighted by molar-refractivity contribution is -0.116. The molecule has 0 radical (unpaired) electrons. The Morgan fingerprint density at radius 3 is 2.57 bits per heavy atom. The van der Waals surface area contributed by atoms with E-state index >= 15 is 0 Å². The summed E-state index contributed by atoms with van der Waals surface area (Å²) in [5.74, 6) is -0.277. The van der Waals surface area contributed by atoms with Gasteiger partial charge in [0.1, 0.15) is 5.01 Å². The molecule has 2 amide bonds. The van der Waals surface area contributed by atoms with E-state index in [0.717, 1.165) is 16.1 Å². The summed E-state index contributed by atoms with van der Waals surface area (Å²) in [6.45, 7) is 4.52. The molecule has 3 aromatic rings. The first kappa shape index (κ1) is 19.7. The molecule has 28 heavy (non-hydrogen) atoms. The van der Waals surface area contributed by atoms with E-state index in [1.165, 1.54) is 16.9 Å². The number of amides is 2. The fourth-order valence-electron chi connectivity index (χ4n) is 2.76. The van der Waals surface area contributed by atoms with Crippen LogP contribution in [0.5, 0.6) is 0 Å². The maximum Gasteiger partial charge on any atom is 0.251 e. The normalized spacial score (nSPS) is 10.5. The molecule has 144 valence electrons. The third kappa shape index (κ3) is 5.23. The summed E-state index contributed by atoms with van der Waals surface area (Å²) in [6, 6.07) is 15.2. The summed E-state index contributed by atoms with van der Waals surface area (Å²) >= 11 is 1.35. The number of carbonyl (C=O) groups excluding carboxylic acids is 2. The van der Waals surface area contributed by atoms with Crippen LogP contribution < -0.4 is 10.6 Å². The number of anilines is 1. The zero-order valence-corrected chi connectivity index (χ0v) is 16.7. The van der Waals surface area contributed by atoms with E-state index in [1.54, 1.807) is 12.1 Å². The standard InChI is InChI=1S/C21H22N4O2S/c1-14-10-11-17(15(2)13-14)20-24-25-21(28-20)23-18(26)9-6-12-22-19(27)16-7-4-3-5-8-16/h3-5,7-8,10-11,13H,6,9,12H2,1-2H3,(H,22,27)(H,23,25,26). The quantitative estimate of drug-likeness (QED) is 0.594. The average molecular weight is 395 g/mol. The van der Waals surface area contributed by atoms with Gasteiger partial charge in [0.2, 0.25) is 11.0 Å². The van der Waals surface area contributed by atoms with E-state index in [-0.39, 0.29) is 11.8 Å². The Hall–Kier alpha value is -3.06. The molecule has 2 aromatic carbocycles. The molecule has 1 aromatic heterocycles. The van der Waals surface area contributed by atoms with Crippen molar-refractivity contribution in [3.8, 4) is 10.6 Å². The third-order valence-corrected chi connectivity index (χ3v) is 5.06. The molecule has 2 N–H and O–H groups in total. The summed E-state index contributed by atoms with van der Waals surface area (Å²) in [5, 5.41) is 15.1. The Labute approximate surface area is 168 Å². The van der Waals surface area contributed by atoms with Gasteiger partial charge < -0.3 is 10.6 Å². The first-order valence-electron chi connectivity index (χ1n) is 9.07. The first-order valence-corrected chi connectivity index (χ1v) is 9.89. The number of aromatic nitrogens is 2. The first-order chi connectivity index (χ1) is 13.5. The lowest BCUT2D eigenvalue weighted by atomic mass is 10.1. The van der Waals surface area contributed by atoms with Crippen molar-refractivity contribution in [2.45, 2.75) is 26.7 Å². The van der Waals surface area contributed by atoms with Gasteiger partial charge in [-0.15, -0.1) is 10.2 Å². The Balaban J connectivity index is 1.45. The summed E-state index contributed by atoms with van der Waals surface area (Å²) < 4.78 is 0. The Bertz CT molecular complexity index is 970. The van der Waals surface area contributed by atoms with Crippen LogP contribution in [0.2, 0.25) is 0 Å². The number of benzene rings is 2. The van der Waals surface area contributed by atoms with Crippen molar-refractivity contribution in [2.24, 2.45) is 0 Å². The second-order valence-electron chi connectivity index (χ2n) is 6.50. The number of aryl methyl sites for hydroxylation is 2. The van der Waals surface area contributed by atoms with Crippen LogP contribution in [0.1, 0.15) is 34.3 Å². The molecular weight excluding hydrogens is 372 g/mol. The van der Waals surface area contributed by atoms with Crippen LogP contribution in [-0.4, -0.2) is 28.6 Å².